The van der Waals surface area contributed by atoms with Crippen LogP contribution in [-0.4, -0.2) is 106 Å². The van der Waals surface area contributed by atoms with E-state index in [-0.39, 0.29) is 70.7 Å². The Bertz CT molecular complexity index is 2030. The maximum atomic E-state index is 16.9. The number of hydrogen-bond acceptors (Lipinski definition) is 10. The van der Waals surface area contributed by atoms with Gasteiger partial charge in [0.25, 0.3) is 0 Å². The highest BCUT2D eigenvalue weighted by Crippen LogP contribution is 2.42. The molecule has 0 radical (unpaired) electrons. The van der Waals surface area contributed by atoms with Crippen molar-refractivity contribution < 1.29 is 32.5 Å². The van der Waals surface area contributed by atoms with E-state index in [0.29, 0.717) is 42.6 Å². The Labute approximate surface area is 280 Å². The Hall–Kier alpha value is -4.67. The minimum atomic E-state index is -0.949. The Morgan fingerprint density at radius 3 is 2.71 bits per heavy atom. The normalized spacial score (nSPS) is 25.2. The fourth-order valence-corrected chi connectivity index (χ4v) is 8.55. The molecule has 2 aromatic carbocycles. The third kappa shape index (κ3) is 5.29. The number of terminal acetylenes is 1. The van der Waals surface area contributed by atoms with Gasteiger partial charge in [-0.15, -0.1) is 6.42 Å². The Morgan fingerprint density at radius 1 is 1.16 bits per heavy atom. The summed E-state index contributed by atoms with van der Waals surface area (Å²) in [6.07, 6.45) is 10.0. The van der Waals surface area contributed by atoms with Crippen LogP contribution in [0.15, 0.2) is 30.5 Å². The molecule has 0 spiro atoms. The lowest BCUT2D eigenvalue weighted by Gasteiger charge is -2.41. The van der Waals surface area contributed by atoms with E-state index >= 15 is 4.39 Å². The van der Waals surface area contributed by atoms with Crippen molar-refractivity contribution in [2.75, 3.05) is 51.3 Å². The van der Waals surface area contributed by atoms with E-state index in [1.807, 2.05) is 0 Å². The monoisotopic (exact) mass is 672 g/mol. The minimum Gasteiger partial charge on any atom is -0.508 e. The molecule has 13 heteroatoms. The number of phenols is 1. The number of alkyl halides is 1. The van der Waals surface area contributed by atoms with Crippen LogP contribution in [0.25, 0.3) is 32.9 Å². The molecule has 6 heterocycles. The first-order chi connectivity index (χ1) is 23.7. The van der Waals surface area contributed by atoms with E-state index in [2.05, 4.69) is 30.6 Å². The minimum absolute atomic E-state index is 0.0472. The van der Waals surface area contributed by atoms with Crippen LogP contribution >= 0.6 is 0 Å². The fraction of sp³-hybridized carbons (Fsp3) is 0.444. The summed E-state index contributed by atoms with van der Waals surface area (Å²) in [5.74, 6) is 0.838. The van der Waals surface area contributed by atoms with Crippen molar-refractivity contribution in [3.05, 3.63) is 47.7 Å². The van der Waals surface area contributed by atoms with Gasteiger partial charge in [0.2, 0.25) is 0 Å². The van der Waals surface area contributed by atoms with E-state index in [1.54, 1.807) is 0 Å². The predicted molar refractivity (Wildman–Crippen MR) is 176 cm³/mol. The molecule has 4 atom stereocenters. The van der Waals surface area contributed by atoms with Gasteiger partial charge in [0.05, 0.1) is 30.1 Å². The first kappa shape index (κ1) is 31.6. The van der Waals surface area contributed by atoms with Crippen LogP contribution in [-0.2, 0) is 9.53 Å². The summed E-state index contributed by atoms with van der Waals surface area (Å²) in [5, 5.41) is 11.6. The van der Waals surface area contributed by atoms with E-state index < -0.39 is 23.3 Å². The van der Waals surface area contributed by atoms with Gasteiger partial charge in [-0.3, -0.25) is 19.6 Å². The van der Waals surface area contributed by atoms with E-state index in [9.17, 15) is 18.7 Å². The van der Waals surface area contributed by atoms with Crippen LogP contribution in [0.4, 0.5) is 19.0 Å². The molecule has 4 aromatic rings. The van der Waals surface area contributed by atoms with Crippen molar-refractivity contribution in [1.29, 1.82) is 0 Å². The highest BCUT2D eigenvalue weighted by atomic mass is 19.1. The molecule has 254 valence electrons. The number of phenolic OH excluding ortho intramolecular Hbond substituents is 1. The number of piperazine rings is 1. The van der Waals surface area contributed by atoms with Crippen LogP contribution in [0.1, 0.15) is 37.7 Å². The molecule has 8 rings (SSSR count). The summed E-state index contributed by atoms with van der Waals surface area (Å²) in [6.45, 7) is 2.52. The number of hydrogen-bond donors (Lipinski definition) is 1. The summed E-state index contributed by atoms with van der Waals surface area (Å²) in [5.41, 5.74) is -0.691. The lowest BCUT2D eigenvalue weighted by Crippen LogP contribution is -2.55. The van der Waals surface area contributed by atoms with Crippen molar-refractivity contribution in [3.8, 4) is 35.4 Å². The van der Waals surface area contributed by atoms with Crippen molar-refractivity contribution in [2.45, 2.75) is 55.9 Å². The van der Waals surface area contributed by atoms with E-state index in [0.717, 1.165) is 32.2 Å². The summed E-state index contributed by atoms with van der Waals surface area (Å²) >= 11 is 0. The Kier molecular flexibility index (Phi) is 7.76. The van der Waals surface area contributed by atoms with Gasteiger partial charge in [0, 0.05) is 55.3 Å². The highest BCUT2D eigenvalue weighted by molar-refractivity contribution is 6.03. The summed E-state index contributed by atoms with van der Waals surface area (Å²) < 4.78 is 57.5. The number of aromatic nitrogens is 3. The first-order valence-electron chi connectivity index (χ1n) is 16.6. The average Bonchev–Trinajstić information content (AvgIpc) is 3.68. The third-order valence-corrected chi connectivity index (χ3v) is 10.8. The molecule has 0 saturated carbocycles. The lowest BCUT2D eigenvalue weighted by molar-refractivity contribution is -0.142. The number of anilines is 1. The predicted octanol–water partition coefficient (Wildman–Crippen LogP) is 4.59. The quantitative estimate of drug-likeness (QED) is 0.222. The molecular weight excluding hydrogens is 637 g/mol. The zero-order chi connectivity index (χ0) is 34.0. The number of ether oxygens (including phenoxy) is 2. The van der Waals surface area contributed by atoms with Gasteiger partial charge in [-0.05, 0) is 55.8 Å². The molecule has 10 nitrogen and oxygen atoms in total. The molecule has 49 heavy (non-hydrogen) atoms. The molecule has 4 fully saturated rings. The number of carbonyl (C=O) groups excluding carboxylic acids is 1. The van der Waals surface area contributed by atoms with Gasteiger partial charge in [-0.25, -0.2) is 13.2 Å². The number of pyridine rings is 1. The molecule has 0 amide bonds. The van der Waals surface area contributed by atoms with Crippen LogP contribution in [0, 0.1) is 24.0 Å². The molecule has 2 bridgehead atoms. The second-order valence-electron chi connectivity index (χ2n) is 13.6. The zero-order valence-electron chi connectivity index (χ0n) is 27.0. The molecule has 0 aliphatic carbocycles. The van der Waals surface area contributed by atoms with E-state index in [4.69, 9.17) is 20.9 Å². The standard InChI is InChI=1S/C36H35F3N6O4/c1-3-25-28(38)8-5-20-11-24(46)12-26(30(20)25)32-31(39)33-27(14-40-32)34(43-16-22-6-7-23(17-43)45(22)18-29(47)48-2)42-35(41-33)49-19-36-9-4-10-44(36)15-21(37)13-36/h1,5,8,11-12,14,21-23,46H,4,6-7,9-10,13,15-19H2,2H3/t21-,22?,23?,36+/m1/s1. The number of carbonyl (C=O) groups is 1. The largest absolute Gasteiger partial charge is 0.508 e. The number of methoxy groups -OCH3 is 1. The molecule has 4 aliphatic heterocycles. The Balaban J connectivity index is 1.24. The molecule has 4 aliphatic rings. The number of halogens is 3. The maximum absolute atomic E-state index is 16.9. The average molecular weight is 673 g/mol. The molecule has 2 unspecified atom stereocenters. The van der Waals surface area contributed by atoms with Gasteiger partial charge in [0.15, 0.2) is 5.82 Å². The molecule has 4 saturated heterocycles. The summed E-state index contributed by atoms with van der Waals surface area (Å²) in [4.78, 5) is 32.3. The van der Waals surface area contributed by atoms with Crippen LogP contribution in [0.5, 0.6) is 11.8 Å². The number of rotatable bonds is 7. The van der Waals surface area contributed by atoms with E-state index in [1.165, 1.54) is 37.6 Å². The maximum Gasteiger partial charge on any atom is 0.319 e. The lowest BCUT2D eigenvalue weighted by atomic mass is 9.95. The highest BCUT2D eigenvalue weighted by Gasteiger charge is 2.49. The topological polar surface area (TPSA) is 104 Å². The van der Waals surface area contributed by atoms with Crippen LogP contribution in [0.3, 0.4) is 0 Å². The number of aromatic hydroxyl groups is 1. The van der Waals surface area contributed by atoms with Crippen molar-refractivity contribution in [3.63, 3.8) is 0 Å². The number of benzene rings is 2. The van der Waals surface area contributed by atoms with Gasteiger partial charge >= 0.3 is 12.0 Å². The van der Waals surface area contributed by atoms with Crippen LogP contribution in [0.2, 0.25) is 0 Å². The SMILES string of the molecule is C#Cc1c(F)ccc2cc(O)cc(-c3ncc4c(N5CC6CCC(C5)N6CC(=O)OC)nc(OC[C@@]56CCCN5C[C@H](F)C6)nc4c3F)c12. The smallest absolute Gasteiger partial charge is 0.319 e. The first-order valence-corrected chi connectivity index (χ1v) is 16.6. The third-order valence-electron chi connectivity index (χ3n) is 10.8. The number of nitrogens with zero attached hydrogens (tertiary/aromatic N) is 6. The van der Waals surface area contributed by atoms with Crippen molar-refractivity contribution in [2.24, 2.45) is 0 Å². The molecular formula is C36H35F3N6O4. The second-order valence-corrected chi connectivity index (χ2v) is 13.6. The summed E-state index contributed by atoms with van der Waals surface area (Å²) in [6, 6.07) is 5.44. The van der Waals surface area contributed by atoms with Gasteiger partial charge in [-0.2, -0.15) is 9.97 Å². The summed E-state index contributed by atoms with van der Waals surface area (Å²) in [7, 11) is 1.37. The fourth-order valence-electron chi connectivity index (χ4n) is 8.55. The van der Waals surface area contributed by atoms with Crippen molar-refractivity contribution in [1.82, 2.24) is 24.8 Å². The van der Waals surface area contributed by atoms with Gasteiger partial charge in [-0.1, -0.05) is 12.0 Å². The second kappa shape index (κ2) is 12.0. The number of fused-ring (bicyclic) bond motifs is 5. The van der Waals surface area contributed by atoms with Gasteiger partial charge < -0.3 is 19.5 Å². The van der Waals surface area contributed by atoms with Crippen molar-refractivity contribution >= 4 is 33.5 Å². The number of esters is 1. The molecule has 2 aromatic heterocycles. The Morgan fingerprint density at radius 2 is 1.96 bits per heavy atom. The molecule has 1 N–H and O–H groups in total. The van der Waals surface area contributed by atoms with Crippen LogP contribution < -0.4 is 9.64 Å². The van der Waals surface area contributed by atoms with Gasteiger partial charge in [0.1, 0.15) is 41.4 Å². The zero-order valence-corrected chi connectivity index (χ0v) is 27.0.